The quantitative estimate of drug-likeness (QED) is 0.848. The van der Waals surface area contributed by atoms with E-state index in [2.05, 4.69) is 0 Å². The summed E-state index contributed by atoms with van der Waals surface area (Å²) in [6, 6.07) is 4.11. The molecule has 0 bridgehead atoms. The van der Waals surface area contributed by atoms with Crippen molar-refractivity contribution in [3.05, 3.63) is 29.3 Å². The molecule has 0 unspecified atom stereocenters. The fourth-order valence-electron chi connectivity index (χ4n) is 1.70. The van der Waals surface area contributed by atoms with Crippen LogP contribution in [0, 0.1) is 6.92 Å². The lowest BCUT2D eigenvalue weighted by Gasteiger charge is -2.33. The number of benzene rings is 1. The Morgan fingerprint density at radius 2 is 1.90 bits per heavy atom. The lowest BCUT2D eigenvalue weighted by molar-refractivity contribution is 0.0695. The Morgan fingerprint density at radius 3 is 2.35 bits per heavy atom. The summed E-state index contributed by atoms with van der Waals surface area (Å²) in [5.41, 5.74) is -0.855. The monoisotopic (exact) mass is 301 g/mol. The number of nitrogens with zero attached hydrogens (tertiary/aromatic N) is 1. The number of aliphatic hydroxyl groups is 1. The summed E-state index contributed by atoms with van der Waals surface area (Å²) in [5, 5.41) is 18.3. The fraction of sp³-hybridized carbons (Fsp3) is 0.462. The van der Waals surface area contributed by atoms with Crippen LogP contribution in [0.25, 0.3) is 0 Å². The Balaban J connectivity index is 3.45. The van der Waals surface area contributed by atoms with E-state index in [1.54, 1.807) is 13.8 Å². The summed E-state index contributed by atoms with van der Waals surface area (Å²) in [6.45, 7) is 4.28. The van der Waals surface area contributed by atoms with Gasteiger partial charge in [-0.25, -0.2) is 13.2 Å². The normalized spacial score (nSPS) is 12.7. The van der Waals surface area contributed by atoms with Crippen molar-refractivity contribution in [3.63, 3.8) is 0 Å². The van der Waals surface area contributed by atoms with Gasteiger partial charge in [-0.1, -0.05) is 6.07 Å². The van der Waals surface area contributed by atoms with Crippen LogP contribution in [0.2, 0.25) is 0 Å². The zero-order valence-electron chi connectivity index (χ0n) is 11.9. The first-order valence-corrected chi connectivity index (χ1v) is 7.42. The lowest BCUT2D eigenvalue weighted by Crippen LogP contribution is -2.47. The van der Waals surface area contributed by atoms with Gasteiger partial charge >= 0.3 is 5.97 Å². The van der Waals surface area contributed by atoms with Crippen LogP contribution in [0.15, 0.2) is 23.1 Å². The molecule has 1 aromatic carbocycles. The average molecular weight is 301 g/mol. The van der Waals surface area contributed by atoms with Gasteiger partial charge in [0, 0.05) is 7.05 Å². The fourth-order valence-corrected chi connectivity index (χ4v) is 3.45. The topological polar surface area (TPSA) is 94.9 Å². The smallest absolute Gasteiger partial charge is 0.335 e. The van der Waals surface area contributed by atoms with E-state index in [-0.39, 0.29) is 22.6 Å². The molecule has 20 heavy (non-hydrogen) atoms. The van der Waals surface area contributed by atoms with Crippen LogP contribution in [0.1, 0.15) is 29.8 Å². The summed E-state index contributed by atoms with van der Waals surface area (Å²) in [5.74, 6) is -1.18. The molecule has 0 saturated carbocycles. The lowest BCUT2D eigenvalue weighted by atomic mass is 10.1. The maximum Gasteiger partial charge on any atom is 0.335 e. The molecule has 0 aromatic heterocycles. The summed E-state index contributed by atoms with van der Waals surface area (Å²) in [4.78, 5) is 11.0. The molecule has 0 heterocycles. The van der Waals surface area contributed by atoms with E-state index in [1.165, 1.54) is 32.2 Å². The van der Waals surface area contributed by atoms with E-state index >= 15 is 0 Å². The highest BCUT2D eigenvalue weighted by atomic mass is 32.2. The third kappa shape index (κ3) is 2.84. The third-order valence-corrected chi connectivity index (χ3v) is 5.61. The number of hydrogen-bond acceptors (Lipinski definition) is 4. The molecule has 1 rings (SSSR count). The molecule has 0 amide bonds. The number of aromatic carboxylic acids is 1. The molecule has 0 fully saturated rings. The minimum Gasteiger partial charge on any atom is -0.478 e. The second kappa shape index (κ2) is 5.51. The van der Waals surface area contributed by atoms with Crippen LogP contribution in [0.4, 0.5) is 0 Å². The van der Waals surface area contributed by atoms with Gasteiger partial charge in [-0.05, 0) is 38.5 Å². The van der Waals surface area contributed by atoms with Crippen molar-refractivity contribution in [2.45, 2.75) is 31.2 Å². The van der Waals surface area contributed by atoms with Gasteiger partial charge < -0.3 is 10.2 Å². The molecule has 0 saturated heterocycles. The molecule has 0 aliphatic rings. The van der Waals surface area contributed by atoms with Gasteiger partial charge in [0.15, 0.2) is 0 Å². The number of carboxylic acids is 1. The van der Waals surface area contributed by atoms with E-state index in [9.17, 15) is 18.3 Å². The molecule has 7 heteroatoms. The number of rotatable bonds is 5. The molecule has 0 aliphatic heterocycles. The van der Waals surface area contributed by atoms with Crippen LogP contribution in [0.5, 0.6) is 0 Å². The first-order valence-electron chi connectivity index (χ1n) is 5.98. The van der Waals surface area contributed by atoms with E-state index in [0.29, 0.717) is 0 Å². The van der Waals surface area contributed by atoms with Crippen LogP contribution < -0.4 is 0 Å². The number of aliphatic hydroxyl groups excluding tert-OH is 1. The average Bonchev–Trinajstić information content (AvgIpc) is 2.37. The molecule has 2 N–H and O–H groups in total. The van der Waals surface area contributed by atoms with Gasteiger partial charge in [0.25, 0.3) is 0 Å². The van der Waals surface area contributed by atoms with Crippen molar-refractivity contribution >= 4 is 16.0 Å². The minimum atomic E-state index is -3.89. The van der Waals surface area contributed by atoms with E-state index in [0.717, 1.165) is 4.31 Å². The Hall–Kier alpha value is -1.44. The summed E-state index contributed by atoms with van der Waals surface area (Å²) >= 11 is 0. The molecule has 1 aromatic rings. The predicted octanol–water partition coefficient (Wildman–Crippen LogP) is 1.08. The summed E-state index contributed by atoms with van der Waals surface area (Å²) in [6.07, 6.45) is 0. The summed E-state index contributed by atoms with van der Waals surface area (Å²) < 4.78 is 26.2. The Bertz CT molecular complexity index is 622. The predicted molar refractivity (Wildman–Crippen MR) is 74.3 cm³/mol. The Morgan fingerprint density at radius 1 is 1.35 bits per heavy atom. The third-order valence-electron chi connectivity index (χ3n) is 3.39. The van der Waals surface area contributed by atoms with Gasteiger partial charge in [0.05, 0.1) is 22.6 Å². The van der Waals surface area contributed by atoms with Gasteiger partial charge in [-0.2, -0.15) is 4.31 Å². The van der Waals surface area contributed by atoms with Gasteiger partial charge in [0.2, 0.25) is 10.0 Å². The van der Waals surface area contributed by atoms with Crippen molar-refractivity contribution in [3.8, 4) is 0 Å². The highest BCUT2D eigenvalue weighted by Crippen LogP contribution is 2.26. The largest absolute Gasteiger partial charge is 0.478 e. The van der Waals surface area contributed by atoms with Crippen molar-refractivity contribution < 1.29 is 23.4 Å². The molecular formula is C13H19NO5S. The number of sulfonamides is 1. The molecule has 0 radical (unpaired) electrons. The molecule has 112 valence electrons. The number of carbonyl (C=O) groups is 1. The van der Waals surface area contributed by atoms with Crippen molar-refractivity contribution in [2.75, 3.05) is 13.7 Å². The zero-order valence-corrected chi connectivity index (χ0v) is 12.7. The molecule has 0 atom stereocenters. The van der Waals surface area contributed by atoms with Gasteiger partial charge in [-0.15, -0.1) is 0 Å². The molecule has 6 nitrogen and oxygen atoms in total. The maximum atomic E-state index is 12.6. The van der Waals surface area contributed by atoms with E-state index in [4.69, 9.17) is 5.11 Å². The number of likely N-dealkylation sites (N-methyl/N-ethyl adjacent to an activating group) is 1. The van der Waals surface area contributed by atoms with Crippen LogP contribution in [-0.4, -0.2) is 48.1 Å². The number of hydrogen-bond donors (Lipinski definition) is 2. The van der Waals surface area contributed by atoms with Crippen LogP contribution in [-0.2, 0) is 10.0 Å². The minimum absolute atomic E-state index is 0.0544. The first kappa shape index (κ1) is 16.6. The zero-order chi connectivity index (χ0) is 15.7. The second-order valence-corrected chi connectivity index (χ2v) is 7.11. The van der Waals surface area contributed by atoms with Crippen LogP contribution in [0.3, 0.4) is 0 Å². The second-order valence-electron chi connectivity index (χ2n) is 5.18. The summed E-state index contributed by atoms with van der Waals surface area (Å²) in [7, 11) is -2.53. The van der Waals surface area contributed by atoms with E-state index in [1.807, 2.05) is 0 Å². The molecule has 0 spiro atoms. The first-order chi connectivity index (χ1) is 9.05. The maximum absolute atomic E-state index is 12.6. The standard InChI is InChI=1S/C13H19NO5S/c1-9-10(12(16)17)6-5-7-11(9)20(18,19)14(4)13(2,3)8-15/h5-7,15H,8H2,1-4H3,(H,16,17). The number of carboxylic acid groups (broad SMARTS) is 1. The van der Waals surface area contributed by atoms with Crippen molar-refractivity contribution in [1.29, 1.82) is 0 Å². The van der Waals surface area contributed by atoms with Gasteiger partial charge in [-0.3, -0.25) is 0 Å². The SMILES string of the molecule is Cc1c(C(=O)O)cccc1S(=O)(=O)N(C)C(C)(C)CO. The van der Waals surface area contributed by atoms with E-state index < -0.39 is 21.5 Å². The highest BCUT2D eigenvalue weighted by Gasteiger charge is 2.34. The van der Waals surface area contributed by atoms with Gasteiger partial charge in [0.1, 0.15) is 0 Å². The van der Waals surface area contributed by atoms with Crippen molar-refractivity contribution in [1.82, 2.24) is 4.31 Å². The molecule has 0 aliphatic carbocycles. The molecular weight excluding hydrogens is 282 g/mol. The van der Waals surface area contributed by atoms with Crippen LogP contribution >= 0.6 is 0 Å². The Labute approximate surface area is 118 Å². The highest BCUT2D eigenvalue weighted by molar-refractivity contribution is 7.89. The van der Waals surface area contributed by atoms with Crippen molar-refractivity contribution in [2.24, 2.45) is 0 Å². The Kier molecular flexibility index (Phi) is 4.58.